The van der Waals surface area contributed by atoms with Crippen molar-refractivity contribution >= 4 is 29.0 Å². The number of hydrogen-bond acceptors (Lipinski definition) is 6. The largest absolute Gasteiger partial charge is 0.346 e. The fraction of sp³-hybridized carbons (Fsp3) is 0.333. The molecule has 122 valence electrons. The molecule has 2 aromatic rings. The molecule has 8 heteroatoms. The van der Waals surface area contributed by atoms with Crippen LogP contribution in [0, 0.1) is 5.92 Å². The first kappa shape index (κ1) is 17.0. The maximum Gasteiger partial charge on any atom is 0.243 e. The number of benzene rings is 1. The molecule has 0 saturated heterocycles. The Hall–Kier alpha value is -2.32. The van der Waals surface area contributed by atoms with Gasteiger partial charge in [0, 0.05) is 16.6 Å². The molecule has 0 aliphatic rings. The van der Waals surface area contributed by atoms with Crippen molar-refractivity contribution in [2.24, 2.45) is 11.7 Å². The van der Waals surface area contributed by atoms with Gasteiger partial charge in [-0.05, 0) is 29.6 Å². The van der Waals surface area contributed by atoms with Crippen molar-refractivity contribution in [1.29, 1.82) is 0 Å². The second-order valence-corrected chi connectivity index (χ2v) is 6.01. The highest BCUT2D eigenvalue weighted by atomic mass is 32.1. The zero-order valence-corrected chi connectivity index (χ0v) is 13.8. The van der Waals surface area contributed by atoms with E-state index in [2.05, 4.69) is 20.2 Å². The van der Waals surface area contributed by atoms with Crippen LogP contribution in [0.1, 0.15) is 13.8 Å². The first-order valence-corrected chi connectivity index (χ1v) is 8.01. The number of carbonyl (C=O) groups excluding carboxylic acids is 2. The number of rotatable bonds is 6. The van der Waals surface area contributed by atoms with Crippen molar-refractivity contribution in [1.82, 2.24) is 14.9 Å². The molecule has 7 nitrogen and oxygen atoms in total. The fourth-order valence-electron chi connectivity index (χ4n) is 1.81. The van der Waals surface area contributed by atoms with Gasteiger partial charge in [0.05, 0.1) is 12.6 Å². The van der Waals surface area contributed by atoms with Crippen LogP contribution in [-0.2, 0) is 9.59 Å². The van der Waals surface area contributed by atoms with E-state index in [0.29, 0.717) is 5.69 Å². The van der Waals surface area contributed by atoms with E-state index in [-0.39, 0.29) is 24.3 Å². The molecule has 1 aromatic carbocycles. The minimum atomic E-state index is -0.617. The third kappa shape index (κ3) is 4.83. The van der Waals surface area contributed by atoms with Crippen molar-refractivity contribution in [3.8, 4) is 11.3 Å². The number of nitrogens with zero attached hydrogens (tertiary/aromatic N) is 2. The molecule has 0 aliphatic carbocycles. The first-order valence-electron chi connectivity index (χ1n) is 7.18. The van der Waals surface area contributed by atoms with E-state index >= 15 is 0 Å². The highest BCUT2D eigenvalue weighted by molar-refractivity contribution is 7.03. The van der Waals surface area contributed by atoms with Gasteiger partial charge in [-0.3, -0.25) is 9.59 Å². The third-order valence-electron chi connectivity index (χ3n) is 3.27. The minimum Gasteiger partial charge on any atom is -0.346 e. The van der Waals surface area contributed by atoms with Crippen molar-refractivity contribution in [2.45, 2.75) is 19.9 Å². The summed E-state index contributed by atoms with van der Waals surface area (Å²) in [5, 5.41) is 11.1. The van der Waals surface area contributed by atoms with Crippen LogP contribution in [0.15, 0.2) is 29.6 Å². The average molecular weight is 333 g/mol. The van der Waals surface area contributed by atoms with E-state index in [1.165, 1.54) is 11.5 Å². The van der Waals surface area contributed by atoms with Gasteiger partial charge in [-0.25, -0.2) is 0 Å². The van der Waals surface area contributed by atoms with Crippen molar-refractivity contribution < 1.29 is 9.59 Å². The Morgan fingerprint density at radius 1 is 1.26 bits per heavy atom. The molecular formula is C15H19N5O2S. The predicted octanol–water partition coefficient (Wildman–Crippen LogP) is 1.24. The number of nitrogens with two attached hydrogens (primary N) is 1. The molecule has 0 aliphatic heterocycles. The van der Waals surface area contributed by atoms with Crippen LogP contribution in [0.25, 0.3) is 11.3 Å². The van der Waals surface area contributed by atoms with E-state index in [1.54, 1.807) is 12.1 Å². The Morgan fingerprint density at radius 2 is 1.96 bits per heavy atom. The van der Waals surface area contributed by atoms with Crippen molar-refractivity contribution in [3.63, 3.8) is 0 Å². The summed E-state index contributed by atoms with van der Waals surface area (Å²) in [6.07, 6.45) is 0. The quantitative estimate of drug-likeness (QED) is 0.737. The second kappa shape index (κ2) is 7.80. The average Bonchev–Trinajstić information content (AvgIpc) is 3.07. The van der Waals surface area contributed by atoms with Crippen LogP contribution in [0.3, 0.4) is 0 Å². The normalized spacial score (nSPS) is 12.0. The number of anilines is 1. The topological polar surface area (TPSA) is 110 Å². The summed E-state index contributed by atoms with van der Waals surface area (Å²) in [4.78, 5) is 23.5. The van der Waals surface area contributed by atoms with Gasteiger partial charge in [0.1, 0.15) is 5.69 Å². The lowest BCUT2D eigenvalue weighted by Crippen LogP contribution is -2.46. The lowest BCUT2D eigenvalue weighted by atomic mass is 10.1. The van der Waals surface area contributed by atoms with Crippen LogP contribution in [0.4, 0.5) is 5.69 Å². The molecule has 1 aromatic heterocycles. The highest BCUT2D eigenvalue weighted by Gasteiger charge is 2.17. The molecular weight excluding hydrogens is 314 g/mol. The van der Waals surface area contributed by atoms with E-state index in [1.807, 2.05) is 31.4 Å². The number of aromatic nitrogens is 2. The summed E-state index contributed by atoms with van der Waals surface area (Å²) in [6, 6.07) is 6.62. The van der Waals surface area contributed by atoms with Gasteiger partial charge in [0.15, 0.2) is 0 Å². The summed E-state index contributed by atoms with van der Waals surface area (Å²) in [7, 11) is 0. The summed E-state index contributed by atoms with van der Waals surface area (Å²) in [6.45, 7) is 3.59. The Morgan fingerprint density at radius 3 is 2.52 bits per heavy atom. The van der Waals surface area contributed by atoms with E-state index in [4.69, 9.17) is 5.73 Å². The fourth-order valence-corrected chi connectivity index (χ4v) is 2.27. The first-order chi connectivity index (χ1) is 11.0. The van der Waals surface area contributed by atoms with Gasteiger partial charge in [-0.2, -0.15) is 0 Å². The predicted molar refractivity (Wildman–Crippen MR) is 89.8 cm³/mol. The molecule has 4 N–H and O–H groups in total. The number of carbonyl (C=O) groups is 2. The van der Waals surface area contributed by atoms with E-state index in [9.17, 15) is 9.59 Å². The molecule has 1 atom stereocenters. The molecule has 23 heavy (non-hydrogen) atoms. The van der Waals surface area contributed by atoms with Gasteiger partial charge in [-0.15, -0.1) is 5.10 Å². The Balaban J connectivity index is 1.85. The van der Waals surface area contributed by atoms with Gasteiger partial charge >= 0.3 is 0 Å². The molecule has 0 bridgehead atoms. The Bertz CT molecular complexity index is 655. The lowest BCUT2D eigenvalue weighted by molar-refractivity contribution is -0.125. The van der Waals surface area contributed by atoms with Gasteiger partial charge in [0.25, 0.3) is 0 Å². The summed E-state index contributed by atoms with van der Waals surface area (Å²) < 4.78 is 3.81. The Kier molecular flexibility index (Phi) is 5.78. The monoisotopic (exact) mass is 333 g/mol. The number of hydrogen-bond donors (Lipinski definition) is 3. The maximum absolute atomic E-state index is 11.8. The standard InChI is InChI=1S/C15H19N5O2S/c1-9(2)14(16)15(22)17-7-13(21)18-11-5-3-10(4-6-11)12-8-23-20-19-12/h3-6,8-9,14H,7,16H2,1-2H3,(H,17,22)(H,18,21)/t14-/m0/s1. The van der Waals surface area contributed by atoms with E-state index < -0.39 is 6.04 Å². The van der Waals surface area contributed by atoms with Crippen LogP contribution in [0.5, 0.6) is 0 Å². The Labute approximate surface area is 138 Å². The van der Waals surface area contributed by atoms with E-state index in [0.717, 1.165) is 11.3 Å². The van der Waals surface area contributed by atoms with Crippen LogP contribution in [-0.4, -0.2) is 34.0 Å². The summed E-state index contributed by atoms with van der Waals surface area (Å²) >= 11 is 1.28. The number of nitrogens with one attached hydrogen (secondary N) is 2. The lowest BCUT2D eigenvalue weighted by Gasteiger charge is -2.15. The molecule has 0 spiro atoms. The maximum atomic E-state index is 11.8. The van der Waals surface area contributed by atoms with Crippen molar-refractivity contribution in [3.05, 3.63) is 29.6 Å². The summed E-state index contributed by atoms with van der Waals surface area (Å²) in [5.41, 5.74) is 8.07. The molecule has 0 saturated carbocycles. The molecule has 0 fully saturated rings. The minimum absolute atomic E-state index is 0.0193. The number of amides is 2. The second-order valence-electron chi connectivity index (χ2n) is 5.40. The van der Waals surface area contributed by atoms with Crippen LogP contribution >= 0.6 is 11.5 Å². The van der Waals surface area contributed by atoms with Gasteiger partial charge in [0.2, 0.25) is 11.8 Å². The third-order valence-corrected chi connectivity index (χ3v) is 3.77. The van der Waals surface area contributed by atoms with Gasteiger partial charge < -0.3 is 16.4 Å². The zero-order chi connectivity index (χ0) is 16.8. The zero-order valence-electron chi connectivity index (χ0n) is 12.9. The van der Waals surface area contributed by atoms with Crippen LogP contribution < -0.4 is 16.4 Å². The molecule has 2 amide bonds. The molecule has 1 heterocycles. The van der Waals surface area contributed by atoms with Crippen LogP contribution in [0.2, 0.25) is 0 Å². The highest BCUT2D eigenvalue weighted by Crippen LogP contribution is 2.19. The smallest absolute Gasteiger partial charge is 0.243 e. The molecule has 0 unspecified atom stereocenters. The van der Waals surface area contributed by atoms with Gasteiger partial charge in [-0.1, -0.05) is 30.5 Å². The SMILES string of the molecule is CC(C)[C@H](N)C(=O)NCC(=O)Nc1ccc(-c2csnn2)cc1. The van der Waals surface area contributed by atoms with Crippen molar-refractivity contribution in [2.75, 3.05) is 11.9 Å². The molecule has 2 rings (SSSR count). The molecule has 0 radical (unpaired) electrons. The summed E-state index contributed by atoms with van der Waals surface area (Å²) in [5.74, 6) is -0.621.